The number of amides is 1. The molecule has 0 atom stereocenters. The second kappa shape index (κ2) is 9.93. The number of ether oxygens (including phenoxy) is 1. The number of carbonyl (C=O) groups is 3. The third-order valence-electron chi connectivity index (χ3n) is 3.64. The molecule has 2 aromatic rings. The van der Waals surface area contributed by atoms with Crippen LogP contribution in [0.25, 0.3) is 0 Å². The zero-order valence-corrected chi connectivity index (χ0v) is 15.6. The highest BCUT2D eigenvalue weighted by Crippen LogP contribution is 2.19. The van der Waals surface area contributed by atoms with Gasteiger partial charge < -0.3 is 10.1 Å². The van der Waals surface area contributed by atoms with Gasteiger partial charge in [-0.25, -0.2) is 13.2 Å². The number of rotatable bonds is 8. The molecule has 5 nitrogen and oxygen atoms in total. The molecule has 0 spiro atoms. The minimum absolute atomic E-state index is 0.100. The first kappa shape index (κ1) is 21.5. The number of benzene rings is 2. The number of thioether (sulfide) groups is 1. The molecular formula is C19H16F3NO4S. The number of nitrogens with one attached hydrogen (secondary N) is 1. The molecule has 0 fully saturated rings. The smallest absolute Gasteiger partial charge is 0.306 e. The Kier molecular flexibility index (Phi) is 7.62. The fraction of sp³-hybridized carbons (Fsp3) is 0.211. The number of halogens is 3. The molecule has 28 heavy (non-hydrogen) atoms. The minimum atomic E-state index is -1.72. The van der Waals surface area contributed by atoms with Gasteiger partial charge in [0.05, 0.1) is 12.1 Å². The second-order valence-electron chi connectivity index (χ2n) is 5.58. The molecule has 2 aromatic carbocycles. The molecule has 2 rings (SSSR count). The Balaban J connectivity index is 1.78. The van der Waals surface area contributed by atoms with Crippen molar-refractivity contribution in [1.82, 2.24) is 0 Å². The second-order valence-corrected chi connectivity index (χ2v) is 6.46. The van der Waals surface area contributed by atoms with Gasteiger partial charge in [0.15, 0.2) is 29.8 Å². The summed E-state index contributed by atoms with van der Waals surface area (Å²) in [6.07, 6.45) is 1.57. The lowest BCUT2D eigenvalue weighted by Crippen LogP contribution is -2.22. The molecule has 0 radical (unpaired) electrons. The molecular weight excluding hydrogens is 395 g/mol. The SMILES string of the molecule is CSc1ccc(C(=O)CCC(=O)OCC(=O)Nc2ccc(F)c(F)c2F)cc1. The summed E-state index contributed by atoms with van der Waals surface area (Å²) in [6, 6.07) is 8.38. The Morgan fingerprint density at radius 1 is 0.964 bits per heavy atom. The van der Waals surface area contributed by atoms with Crippen molar-refractivity contribution in [3.05, 3.63) is 59.4 Å². The van der Waals surface area contributed by atoms with Crippen molar-refractivity contribution in [2.75, 3.05) is 18.2 Å². The Labute approximate surface area is 163 Å². The molecule has 1 amide bonds. The molecule has 148 valence electrons. The molecule has 1 N–H and O–H groups in total. The Hall–Kier alpha value is -2.81. The van der Waals surface area contributed by atoms with Crippen molar-refractivity contribution >= 4 is 35.1 Å². The lowest BCUT2D eigenvalue weighted by molar-refractivity contribution is -0.147. The van der Waals surface area contributed by atoms with E-state index in [2.05, 4.69) is 0 Å². The average molecular weight is 411 g/mol. The third kappa shape index (κ3) is 5.85. The van der Waals surface area contributed by atoms with Crippen molar-refractivity contribution in [3.8, 4) is 0 Å². The van der Waals surface area contributed by atoms with Crippen LogP contribution in [0.3, 0.4) is 0 Å². The summed E-state index contributed by atoms with van der Waals surface area (Å²) >= 11 is 1.53. The normalized spacial score (nSPS) is 10.4. The number of Topliss-reactive ketones (excluding diaryl/α,β-unsaturated/α-hetero) is 1. The summed E-state index contributed by atoms with van der Waals surface area (Å²) in [7, 11) is 0. The van der Waals surface area contributed by atoms with Crippen LogP contribution in [0.5, 0.6) is 0 Å². The van der Waals surface area contributed by atoms with Crippen LogP contribution < -0.4 is 5.32 Å². The predicted octanol–water partition coefficient (Wildman–Crippen LogP) is 3.97. The summed E-state index contributed by atoms with van der Waals surface area (Å²) in [5.74, 6) is -6.66. The largest absolute Gasteiger partial charge is 0.456 e. The maximum absolute atomic E-state index is 13.5. The maximum atomic E-state index is 13.5. The number of carbonyl (C=O) groups excluding carboxylic acids is 3. The highest BCUT2D eigenvalue weighted by molar-refractivity contribution is 7.98. The van der Waals surface area contributed by atoms with Crippen LogP contribution in [-0.4, -0.2) is 30.5 Å². The topological polar surface area (TPSA) is 72.5 Å². The standard InChI is InChI=1S/C19H16F3NO4S/c1-28-12-4-2-11(3-5-12)15(24)8-9-17(26)27-10-16(25)23-14-7-6-13(20)18(21)19(14)22/h2-7H,8-10H2,1H3,(H,23,25). The lowest BCUT2D eigenvalue weighted by Gasteiger charge is -2.08. The summed E-state index contributed by atoms with van der Waals surface area (Å²) in [6.45, 7) is -0.756. The summed E-state index contributed by atoms with van der Waals surface area (Å²) < 4.78 is 44.1. The highest BCUT2D eigenvalue weighted by Gasteiger charge is 2.16. The van der Waals surface area contributed by atoms with E-state index in [0.717, 1.165) is 11.0 Å². The Morgan fingerprint density at radius 2 is 1.64 bits per heavy atom. The molecule has 0 aliphatic carbocycles. The van der Waals surface area contributed by atoms with Gasteiger partial charge >= 0.3 is 5.97 Å². The number of anilines is 1. The average Bonchev–Trinajstić information content (AvgIpc) is 2.71. The zero-order chi connectivity index (χ0) is 20.7. The number of hydrogen-bond acceptors (Lipinski definition) is 5. The van der Waals surface area contributed by atoms with Crippen molar-refractivity contribution in [2.24, 2.45) is 0 Å². The summed E-state index contributed by atoms with van der Waals surface area (Å²) in [5, 5.41) is 1.97. The van der Waals surface area contributed by atoms with E-state index in [9.17, 15) is 27.6 Å². The fourth-order valence-corrected chi connectivity index (χ4v) is 2.57. The molecule has 0 saturated carbocycles. The van der Waals surface area contributed by atoms with Gasteiger partial charge in [-0.05, 0) is 30.5 Å². The van der Waals surface area contributed by atoms with E-state index in [-0.39, 0.29) is 18.6 Å². The predicted molar refractivity (Wildman–Crippen MR) is 97.7 cm³/mol. The van der Waals surface area contributed by atoms with Gasteiger partial charge in [-0.1, -0.05) is 12.1 Å². The quantitative estimate of drug-likeness (QED) is 0.308. The van der Waals surface area contributed by atoms with Crippen molar-refractivity contribution in [1.29, 1.82) is 0 Å². The van der Waals surface area contributed by atoms with Crippen LogP contribution in [0.15, 0.2) is 41.3 Å². The van der Waals surface area contributed by atoms with Crippen LogP contribution in [0, 0.1) is 17.5 Å². The van der Waals surface area contributed by atoms with Gasteiger partial charge in [0.1, 0.15) is 0 Å². The van der Waals surface area contributed by atoms with E-state index in [0.29, 0.717) is 11.6 Å². The zero-order valence-electron chi connectivity index (χ0n) is 14.8. The first-order valence-electron chi connectivity index (χ1n) is 8.08. The van der Waals surface area contributed by atoms with Gasteiger partial charge in [-0.3, -0.25) is 14.4 Å². The van der Waals surface area contributed by atoms with Crippen LogP contribution in [0.4, 0.5) is 18.9 Å². The molecule has 0 bridgehead atoms. The number of ketones is 1. The molecule has 0 saturated heterocycles. The van der Waals surface area contributed by atoms with Gasteiger partial charge in [0, 0.05) is 16.9 Å². The van der Waals surface area contributed by atoms with E-state index >= 15 is 0 Å². The van der Waals surface area contributed by atoms with Crippen molar-refractivity contribution < 1.29 is 32.3 Å². The summed E-state index contributed by atoms with van der Waals surface area (Å²) in [4.78, 5) is 36.3. The molecule has 0 aromatic heterocycles. The van der Waals surface area contributed by atoms with Crippen molar-refractivity contribution in [3.63, 3.8) is 0 Å². The minimum Gasteiger partial charge on any atom is -0.456 e. The van der Waals surface area contributed by atoms with Crippen LogP contribution in [0.1, 0.15) is 23.2 Å². The lowest BCUT2D eigenvalue weighted by atomic mass is 10.1. The number of esters is 1. The molecule has 0 aliphatic rings. The Bertz CT molecular complexity index is 887. The van der Waals surface area contributed by atoms with Crippen molar-refractivity contribution in [2.45, 2.75) is 17.7 Å². The van der Waals surface area contributed by atoms with Gasteiger partial charge in [0.25, 0.3) is 5.91 Å². The molecule has 0 heterocycles. The summed E-state index contributed by atoms with van der Waals surface area (Å²) in [5.41, 5.74) is -0.124. The fourth-order valence-electron chi connectivity index (χ4n) is 2.16. The highest BCUT2D eigenvalue weighted by atomic mass is 32.2. The number of hydrogen-bond donors (Lipinski definition) is 1. The van der Waals surface area contributed by atoms with Crippen LogP contribution >= 0.6 is 11.8 Å². The molecule has 9 heteroatoms. The molecule has 0 aliphatic heterocycles. The maximum Gasteiger partial charge on any atom is 0.306 e. The van der Waals surface area contributed by atoms with Crippen LogP contribution in [-0.2, 0) is 14.3 Å². The first-order chi connectivity index (χ1) is 13.3. The van der Waals surface area contributed by atoms with E-state index in [1.165, 1.54) is 11.8 Å². The van der Waals surface area contributed by atoms with E-state index in [4.69, 9.17) is 4.74 Å². The van der Waals surface area contributed by atoms with Gasteiger partial charge in [0.2, 0.25) is 0 Å². The van der Waals surface area contributed by atoms with E-state index < -0.39 is 41.6 Å². The molecule has 0 unspecified atom stereocenters. The van der Waals surface area contributed by atoms with Crippen LogP contribution in [0.2, 0.25) is 0 Å². The first-order valence-corrected chi connectivity index (χ1v) is 9.30. The Morgan fingerprint density at radius 3 is 2.29 bits per heavy atom. The monoisotopic (exact) mass is 411 g/mol. The van der Waals surface area contributed by atoms with E-state index in [1.807, 2.05) is 11.6 Å². The third-order valence-corrected chi connectivity index (χ3v) is 4.39. The van der Waals surface area contributed by atoms with Gasteiger partial charge in [-0.2, -0.15) is 0 Å². The van der Waals surface area contributed by atoms with Gasteiger partial charge in [-0.15, -0.1) is 11.8 Å². The van der Waals surface area contributed by atoms with E-state index in [1.54, 1.807) is 24.3 Å².